The summed E-state index contributed by atoms with van der Waals surface area (Å²) in [7, 11) is 0. The molecule has 0 radical (unpaired) electrons. The molecule has 1 aromatic carbocycles. The quantitative estimate of drug-likeness (QED) is 0.357. The lowest BCUT2D eigenvalue weighted by atomic mass is 10.2. The molecule has 0 aliphatic rings. The molecular formula is C25H23ClN6O2. The van der Waals surface area contributed by atoms with Gasteiger partial charge in [0, 0.05) is 48.8 Å². The minimum absolute atomic E-state index is 0.143. The number of carbonyl (C=O) groups is 1. The van der Waals surface area contributed by atoms with Gasteiger partial charge in [0.1, 0.15) is 18.0 Å². The monoisotopic (exact) mass is 474 g/mol. The van der Waals surface area contributed by atoms with Crippen LogP contribution in [0, 0.1) is 0 Å². The molecule has 0 unspecified atom stereocenters. The minimum Gasteiger partial charge on any atom is -0.457 e. The van der Waals surface area contributed by atoms with E-state index < -0.39 is 0 Å². The number of ether oxygens (including phenoxy) is 1. The zero-order valence-corrected chi connectivity index (χ0v) is 19.1. The molecule has 0 bridgehead atoms. The van der Waals surface area contributed by atoms with Gasteiger partial charge in [0.15, 0.2) is 0 Å². The molecule has 34 heavy (non-hydrogen) atoms. The molecule has 3 heterocycles. The summed E-state index contributed by atoms with van der Waals surface area (Å²) in [6, 6.07) is 18.8. The lowest BCUT2D eigenvalue weighted by Gasteiger charge is -2.13. The SMILES string of the molecule is O=C(NCCc1ccccn1)c1cnc(OCc2ccccn2)nc1NCc1cccc(Cl)c1. The molecule has 0 saturated heterocycles. The van der Waals surface area contributed by atoms with Gasteiger partial charge < -0.3 is 15.4 Å². The fourth-order valence-corrected chi connectivity index (χ4v) is 3.35. The number of amides is 1. The van der Waals surface area contributed by atoms with Crippen LogP contribution >= 0.6 is 11.6 Å². The molecule has 1 amide bonds. The number of hydrogen-bond donors (Lipinski definition) is 2. The van der Waals surface area contributed by atoms with E-state index in [1.807, 2.05) is 54.6 Å². The van der Waals surface area contributed by atoms with E-state index in [0.29, 0.717) is 35.9 Å². The van der Waals surface area contributed by atoms with Crippen LogP contribution in [-0.4, -0.2) is 32.4 Å². The number of nitrogens with one attached hydrogen (secondary N) is 2. The van der Waals surface area contributed by atoms with Crippen molar-refractivity contribution in [3.8, 4) is 6.01 Å². The molecule has 0 saturated carbocycles. The number of benzene rings is 1. The summed E-state index contributed by atoms with van der Waals surface area (Å²) >= 11 is 6.09. The van der Waals surface area contributed by atoms with Crippen LogP contribution in [0.1, 0.15) is 27.3 Å². The van der Waals surface area contributed by atoms with Gasteiger partial charge in [-0.25, -0.2) is 4.98 Å². The van der Waals surface area contributed by atoms with Crippen LogP contribution in [0.5, 0.6) is 6.01 Å². The first-order valence-corrected chi connectivity index (χ1v) is 11.1. The van der Waals surface area contributed by atoms with E-state index >= 15 is 0 Å². The molecule has 0 fully saturated rings. The van der Waals surface area contributed by atoms with Crippen LogP contribution in [0.25, 0.3) is 0 Å². The fraction of sp³-hybridized carbons (Fsp3) is 0.160. The molecule has 2 N–H and O–H groups in total. The molecule has 3 aromatic heterocycles. The number of anilines is 1. The predicted molar refractivity (Wildman–Crippen MR) is 130 cm³/mol. The smallest absolute Gasteiger partial charge is 0.318 e. The first kappa shape index (κ1) is 23.1. The zero-order valence-electron chi connectivity index (χ0n) is 18.3. The van der Waals surface area contributed by atoms with Crippen LogP contribution in [0.3, 0.4) is 0 Å². The Bertz CT molecular complexity index is 1220. The van der Waals surface area contributed by atoms with E-state index in [1.54, 1.807) is 18.5 Å². The molecule has 4 aromatic rings. The zero-order chi connectivity index (χ0) is 23.6. The Balaban J connectivity index is 1.46. The van der Waals surface area contributed by atoms with Crippen molar-refractivity contribution in [2.24, 2.45) is 0 Å². The first-order chi connectivity index (χ1) is 16.7. The van der Waals surface area contributed by atoms with Crippen molar-refractivity contribution in [1.82, 2.24) is 25.3 Å². The second-order valence-electron chi connectivity index (χ2n) is 7.34. The highest BCUT2D eigenvalue weighted by Gasteiger charge is 2.16. The van der Waals surface area contributed by atoms with Crippen LogP contribution in [0.15, 0.2) is 79.3 Å². The number of rotatable bonds is 10. The standard InChI is InChI=1S/C25H23ClN6O2/c26-19-7-5-6-18(14-19)15-30-23-22(24(33)29-13-10-20-8-1-3-11-27-20)16-31-25(32-23)34-17-21-9-2-4-12-28-21/h1-9,11-12,14,16H,10,13,15,17H2,(H,29,33)(H,30,31,32). The predicted octanol–water partition coefficient (Wildman–Crippen LogP) is 4.08. The Kier molecular flexibility index (Phi) is 7.97. The number of hydrogen-bond acceptors (Lipinski definition) is 7. The van der Waals surface area contributed by atoms with Gasteiger partial charge in [-0.15, -0.1) is 0 Å². The summed E-state index contributed by atoms with van der Waals surface area (Å²) in [5, 5.41) is 6.74. The summed E-state index contributed by atoms with van der Waals surface area (Å²) in [4.78, 5) is 30.0. The lowest BCUT2D eigenvalue weighted by molar-refractivity contribution is 0.0954. The van der Waals surface area contributed by atoms with Gasteiger partial charge in [-0.2, -0.15) is 4.98 Å². The molecule has 0 atom stereocenters. The number of carbonyl (C=O) groups excluding carboxylic acids is 1. The van der Waals surface area contributed by atoms with Gasteiger partial charge in [0.25, 0.3) is 5.91 Å². The minimum atomic E-state index is -0.291. The topological polar surface area (TPSA) is 102 Å². The Morgan fingerprint density at radius 2 is 1.74 bits per heavy atom. The average Bonchev–Trinajstić information content (AvgIpc) is 2.87. The fourth-order valence-electron chi connectivity index (χ4n) is 3.14. The van der Waals surface area contributed by atoms with Crippen molar-refractivity contribution in [1.29, 1.82) is 0 Å². The van der Waals surface area contributed by atoms with Crippen LogP contribution < -0.4 is 15.4 Å². The normalized spacial score (nSPS) is 10.5. The third-order valence-electron chi connectivity index (χ3n) is 4.83. The Hall–Kier alpha value is -4.04. The number of halogens is 1. The molecule has 8 nitrogen and oxygen atoms in total. The maximum Gasteiger partial charge on any atom is 0.318 e. The van der Waals surface area contributed by atoms with Crippen molar-refractivity contribution < 1.29 is 9.53 Å². The molecule has 0 spiro atoms. The Morgan fingerprint density at radius 1 is 0.941 bits per heavy atom. The average molecular weight is 475 g/mol. The van der Waals surface area contributed by atoms with Gasteiger partial charge in [-0.3, -0.25) is 14.8 Å². The van der Waals surface area contributed by atoms with Crippen molar-refractivity contribution in [2.75, 3.05) is 11.9 Å². The highest BCUT2D eigenvalue weighted by molar-refractivity contribution is 6.30. The van der Waals surface area contributed by atoms with E-state index in [2.05, 4.69) is 30.6 Å². The summed E-state index contributed by atoms with van der Waals surface area (Å²) in [6.45, 7) is 1.07. The summed E-state index contributed by atoms with van der Waals surface area (Å²) in [5.74, 6) is 0.0714. The Labute approximate surface area is 202 Å². The van der Waals surface area contributed by atoms with E-state index in [-0.39, 0.29) is 18.5 Å². The van der Waals surface area contributed by atoms with Gasteiger partial charge in [0.2, 0.25) is 0 Å². The van der Waals surface area contributed by atoms with Crippen molar-refractivity contribution in [3.05, 3.63) is 107 Å². The van der Waals surface area contributed by atoms with Crippen molar-refractivity contribution in [2.45, 2.75) is 19.6 Å². The third kappa shape index (κ3) is 6.73. The summed E-state index contributed by atoms with van der Waals surface area (Å²) in [6.07, 6.45) is 5.49. The molecule has 0 aliphatic carbocycles. The maximum atomic E-state index is 12.9. The number of nitrogens with zero attached hydrogens (tertiary/aromatic N) is 4. The van der Waals surface area contributed by atoms with E-state index in [0.717, 1.165) is 17.0 Å². The highest BCUT2D eigenvalue weighted by Crippen LogP contribution is 2.18. The number of aromatic nitrogens is 4. The van der Waals surface area contributed by atoms with E-state index in [9.17, 15) is 4.79 Å². The Morgan fingerprint density at radius 3 is 2.47 bits per heavy atom. The molecule has 172 valence electrons. The highest BCUT2D eigenvalue weighted by atomic mass is 35.5. The molecular weight excluding hydrogens is 452 g/mol. The largest absolute Gasteiger partial charge is 0.457 e. The van der Waals surface area contributed by atoms with Gasteiger partial charge >= 0.3 is 6.01 Å². The molecule has 4 rings (SSSR count). The van der Waals surface area contributed by atoms with Gasteiger partial charge in [-0.1, -0.05) is 35.9 Å². The summed E-state index contributed by atoms with van der Waals surface area (Å²) in [5.41, 5.74) is 2.91. The van der Waals surface area contributed by atoms with E-state index in [4.69, 9.17) is 16.3 Å². The van der Waals surface area contributed by atoms with Crippen molar-refractivity contribution in [3.63, 3.8) is 0 Å². The summed E-state index contributed by atoms with van der Waals surface area (Å²) < 4.78 is 5.69. The first-order valence-electron chi connectivity index (χ1n) is 10.7. The lowest BCUT2D eigenvalue weighted by Crippen LogP contribution is -2.27. The molecule has 9 heteroatoms. The third-order valence-corrected chi connectivity index (χ3v) is 5.06. The van der Waals surface area contributed by atoms with Crippen LogP contribution in [0.4, 0.5) is 5.82 Å². The number of pyridine rings is 2. The van der Waals surface area contributed by atoms with Gasteiger partial charge in [0.05, 0.1) is 5.69 Å². The van der Waals surface area contributed by atoms with Crippen LogP contribution in [-0.2, 0) is 19.6 Å². The van der Waals surface area contributed by atoms with Crippen LogP contribution in [0.2, 0.25) is 5.02 Å². The van der Waals surface area contributed by atoms with Crippen molar-refractivity contribution >= 4 is 23.3 Å². The molecule has 0 aliphatic heterocycles. The second kappa shape index (κ2) is 11.7. The van der Waals surface area contributed by atoms with Gasteiger partial charge in [-0.05, 0) is 42.0 Å². The second-order valence-corrected chi connectivity index (χ2v) is 7.77. The maximum absolute atomic E-state index is 12.9. The van der Waals surface area contributed by atoms with E-state index in [1.165, 1.54) is 6.20 Å².